The molecule has 3 heterocycles. The molecule has 2 N–H and O–H groups in total. The number of aliphatic hydroxyl groups excluding tert-OH is 1. The summed E-state index contributed by atoms with van der Waals surface area (Å²) in [4.78, 5) is 21.5. The fraction of sp³-hybridized carbons (Fsp3) is 0.263. The van der Waals surface area contributed by atoms with Gasteiger partial charge >= 0.3 is 0 Å². The Morgan fingerprint density at radius 1 is 1.48 bits per heavy atom. The number of hydrazone groups is 1. The third kappa shape index (κ3) is 3.39. The number of rotatable bonds is 6. The van der Waals surface area contributed by atoms with Crippen molar-refractivity contribution >= 4 is 23.8 Å². The predicted octanol–water partition coefficient (Wildman–Crippen LogP) is 2.26. The van der Waals surface area contributed by atoms with E-state index in [1.54, 1.807) is 30.7 Å². The highest BCUT2D eigenvalue weighted by Crippen LogP contribution is 2.21. The van der Waals surface area contributed by atoms with Crippen molar-refractivity contribution in [2.75, 3.05) is 5.01 Å². The quantitative estimate of drug-likeness (QED) is 0.515. The van der Waals surface area contributed by atoms with E-state index in [4.69, 9.17) is 5.11 Å². The van der Waals surface area contributed by atoms with Crippen LogP contribution in [0, 0.1) is 6.92 Å². The number of H-pyrrole nitrogens is 1. The normalized spacial score (nSPS) is 11.8. The number of anilines is 1. The molecule has 0 aliphatic carbocycles. The summed E-state index contributed by atoms with van der Waals surface area (Å²) in [5.41, 5.74) is 4.25. The molecule has 0 amide bonds. The summed E-state index contributed by atoms with van der Waals surface area (Å²) in [5.74, 6) is 0.566. The summed E-state index contributed by atoms with van der Waals surface area (Å²) in [6, 6.07) is 3.52. The minimum absolute atomic E-state index is 0.0709. The number of hydrogen-bond donors (Lipinski definition) is 2. The minimum Gasteiger partial charge on any atom is -0.392 e. The van der Waals surface area contributed by atoms with E-state index in [2.05, 4.69) is 26.9 Å². The molecule has 0 saturated heterocycles. The molecular weight excluding hydrogens is 344 g/mol. The first-order valence-electron chi connectivity index (χ1n) is 8.60. The molecule has 0 aromatic carbocycles. The molecule has 8 nitrogen and oxygen atoms in total. The SMILES string of the molecule is C=NN(C=C(C)c1c[nH]n2c(=O)c(CC)c(C)nc12)c1ccc(CO)cn1. The lowest BCUT2D eigenvalue weighted by atomic mass is 10.1. The Morgan fingerprint density at radius 3 is 2.85 bits per heavy atom. The van der Waals surface area contributed by atoms with Crippen LogP contribution < -0.4 is 10.6 Å². The summed E-state index contributed by atoms with van der Waals surface area (Å²) in [6.07, 6.45) is 5.73. The van der Waals surface area contributed by atoms with Gasteiger partial charge in [-0.25, -0.2) is 19.5 Å². The molecule has 0 unspecified atom stereocenters. The number of hydrogen-bond acceptors (Lipinski definition) is 6. The first-order chi connectivity index (χ1) is 13.0. The molecule has 0 atom stereocenters. The van der Waals surface area contributed by atoms with Crippen LogP contribution in [0.1, 0.15) is 36.2 Å². The van der Waals surface area contributed by atoms with E-state index < -0.39 is 0 Å². The Labute approximate surface area is 156 Å². The number of fused-ring (bicyclic) bond motifs is 1. The molecule has 140 valence electrons. The van der Waals surface area contributed by atoms with Gasteiger partial charge in [0.05, 0.1) is 6.61 Å². The van der Waals surface area contributed by atoms with Crippen LogP contribution in [-0.2, 0) is 13.0 Å². The number of allylic oxidation sites excluding steroid dienone is 1. The van der Waals surface area contributed by atoms with Crippen molar-refractivity contribution in [1.29, 1.82) is 0 Å². The maximum atomic E-state index is 12.6. The Balaban J connectivity index is 2.04. The van der Waals surface area contributed by atoms with Crippen LogP contribution >= 0.6 is 0 Å². The van der Waals surface area contributed by atoms with Gasteiger partial charge in [-0.1, -0.05) is 13.0 Å². The average molecular weight is 366 g/mol. The number of aliphatic hydroxyl groups is 1. The number of nitrogens with one attached hydrogen (secondary N) is 1. The molecule has 3 rings (SSSR count). The highest BCUT2D eigenvalue weighted by Gasteiger charge is 2.14. The van der Waals surface area contributed by atoms with Gasteiger partial charge < -0.3 is 5.11 Å². The Morgan fingerprint density at radius 2 is 2.26 bits per heavy atom. The average Bonchev–Trinajstić information content (AvgIpc) is 3.10. The molecule has 27 heavy (non-hydrogen) atoms. The first kappa shape index (κ1) is 18.5. The zero-order valence-corrected chi connectivity index (χ0v) is 15.6. The minimum atomic E-state index is -0.0842. The van der Waals surface area contributed by atoms with Gasteiger partial charge in [-0.2, -0.15) is 5.10 Å². The smallest absolute Gasteiger partial charge is 0.276 e. The standard InChI is InChI=1S/C19H22N6O2/c1-5-15-13(3)23-18-16(9-22-25(18)19(15)27)12(2)10-24(20-4)17-7-6-14(11-26)8-21-17/h6-10,22,26H,4-5,11H2,1-3H3. The Kier molecular flexibility index (Phi) is 5.18. The van der Waals surface area contributed by atoms with E-state index in [0.717, 1.165) is 16.8 Å². The highest BCUT2D eigenvalue weighted by atomic mass is 16.3. The molecule has 8 heteroatoms. The Bertz CT molecular complexity index is 1060. The van der Waals surface area contributed by atoms with Crippen LogP contribution in [0.3, 0.4) is 0 Å². The molecule has 0 spiro atoms. The van der Waals surface area contributed by atoms with E-state index in [9.17, 15) is 4.79 Å². The van der Waals surface area contributed by atoms with Gasteiger partial charge in [0.2, 0.25) is 0 Å². The number of nitrogens with zero attached hydrogens (tertiary/aromatic N) is 5. The van der Waals surface area contributed by atoms with Crippen molar-refractivity contribution in [3.05, 3.63) is 63.5 Å². The zero-order valence-electron chi connectivity index (χ0n) is 15.6. The van der Waals surface area contributed by atoms with Gasteiger partial charge in [-0.15, -0.1) is 0 Å². The van der Waals surface area contributed by atoms with Crippen molar-refractivity contribution in [3.8, 4) is 0 Å². The predicted molar refractivity (Wildman–Crippen MR) is 106 cm³/mol. The van der Waals surface area contributed by atoms with Crippen LogP contribution in [0.15, 0.2) is 40.6 Å². The highest BCUT2D eigenvalue weighted by molar-refractivity contribution is 5.76. The van der Waals surface area contributed by atoms with Crippen LogP contribution in [0.5, 0.6) is 0 Å². The second-order valence-corrected chi connectivity index (χ2v) is 6.16. The zero-order chi connectivity index (χ0) is 19.6. The maximum Gasteiger partial charge on any atom is 0.276 e. The molecule has 3 aromatic heterocycles. The number of aromatic nitrogens is 4. The second-order valence-electron chi connectivity index (χ2n) is 6.16. The second kappa shape index (κ2) is 7.55. The molecule has 0 aliphatic rings. The lowest BCUT2D eigenvalue weighted by Gasteiger charge is -2.14. The number of pyridine rings is 1. The molecule has 3 aromatic rings. The van der Waals surface area contributed by atoms with E-state index in [0.29, 0.717) is 29.0 Å². The van der Waals surface area contributed by atoms with Crippen molar-refractivity contribution in [2.45, 2.75) is 33.8 Å². The maximum absolute atomic E-state index is 12.6. The van der Waals surface area contributed by atoms with Crippen LogP contribution in [-0.4, -0.2) is 31.4 Å². The fourth-order valence-corrected chi connectivity index (χ4v) is 2.93. The molecule has 0 fully saturated rings. The number of aromatic amines is 1. The van der Waals surface area contributed by atoms with E-state index in [-0.39, 0.29) is 12.2 Å². The van der Waals surface area contributed by atoms with Crippen molar-refractivity contribution in [2.24, 2.45) is 5.10 Å². The lowest BCUT2D eigenvalue weighted by molar-refractivity contribution is 0.281. The molecule has 0 bridgehead atoms. The third-order valence-electron chi connectivity index (χ3n) is 4.44. The van der Waals surface area contributed by atoms with Gasteiger partial charge in [-0.3, -0.25) is 9.89 Å². The largest absolute Gasteiger partial charge is 0.392 e. The van der Waals surface area contributed by atoms with Gasteiger partial charge in [0.25, 0.3) is 5.56 Å². The topological polar surface area (TPSA) is 98.9 Å². The van der Waals surface area contributed by atoms with E-state index >= 15 is 0 Å². The van der Waals surface area contributed by atoms with Crippen LogP contribution in [0.4, 0.5) is 5.82 Å². The van der Waals surface area contributed by atoms with Crippen LogP contribution in [0.25, 0.3) is 11.2 Å². The first-order valence-corrected chi connectivity index (χ1v) is 8.60. The van der Waals surface area contributed by atoms with Crippen molar-refractivity contribution < 1.29 is 5.11 Å². The molecule has 0 aliphatic heterocycles. The Hall–Kier alpha value is -3.26. The summed E-state index contributed by atoms with van der Waals surface area (Å²) < 4.78 is 1.46. The number of aryl methyl sites for hydroxylation is 1. The summed E-state index contributed by atoms with van der Waals surface area (Å²) in [6.45, 7) is 9.21. The molecule has 0 saturated carbocycles. The fourth-order valence-electron chi connectivity index (χ4n) is 2.93. The van der Waals surface area contributed by atoms with E-state index in [1.165, 1.54) is 9.52 Å². The van der Waals surface area contributed by atoms with Gasteiger partial charge in [-0.05, 0) is 37.5 Å². The van der Waals surface area contributed by atoms with Crippen LogP contribution in [0.2, 0.25) is 0 Å². The molecule has 0 radical (unpaired) electrons. The summed E-state index contributed by atoms with van der Waals surface area (Å²) in [5, 5.41) is 17.6. The monoisotopic (exact) mass is 366 g/mol. The van der Waals surface area contributed by atoms with Crippen molar-refractivity contribution in [3.63, 3.8) is 0 Å². The van der Waals surface area contributed by atoms with Crippen molar-refractivity contribution in [1.82, 2.24) is 19.6 Å². The van der Waals surface area contributed by atoms with Gasteiger partial charge in [0.1, 0.15) is 0 Å². The van der Waals surface area contributed by atoms with Gasteiger partial charge in [0, 0.05) is 42.1 Å². The molecular formula is C19H22N6O2. The summed E-state index contributed by atoms with van der Waals surface area (Å²) in [7, 11) is 0. The third-order valence-corrected chi connectivity index (χ3v) is 4.44. The summed E-state index contributed by atoms with van der Waals surface area (Å²) >= 11 is 0. The van der Waals surface area contributed by atoms with Gasteiger partial charge in [0.15, 0.2) is 11.5 Å². The van der Waals surface area contributed by atoms with E-state index in [1.807, 2.05) is 20.8 Å². The lowest BCUT2D eigenvalue weighted by Crippen LogP contribution is -2.21.